The predicted molar refractivity (Wildman–Crippen MR) is 85.4 cm³/mol. The van der Waals surface area contributed by atoms with Crippen LogP contribution >= 0.6 is 22.9 Å². The molecule has 2 aliphatic heterocycles. The number of sulfonamides is 1. The van der Waals surface area contributed by atoms with E-state index >= 15 is 0 Å². The summed E-state index contributed by atoms with van der Waals surface area (Å²) in [6, 6.07) is 7.23. The number of thiophene rings is 1. The molecule has 0 spiro atoms. The highest BCUT2D eigenvalue weighted by Gasteiger charge is 2.41. The number of nitrogens with zero attached hydrogens (tertiary/aromatic N) is 1. The highest BCUT2D eigenvalue weighted by molar-refractivity contribution is 7.91. The molecule has 4 rings (SSSR count). The van der Waals surface area contributed by atoms with Gasteiger partial charge in [0.25, 0.3) is 10.0 Å². The summed E-state index contributed by atoms with van der Waals surface area (Å²) in [6.45, 7) is 3.13. The molecule has 2 atom stereocenters. The molecule has 2 aliphatic rings. The fourth-order valence-electron chi connectivity index (χ4n) is 3.25. The maximum Gasteiger partial charge on any atom is 0.252 e. The maximum absolute atomic E-state index is 12.8. The number of hydrogen-bond acceptors (Lipinski definition) is 4. The lowest BCUT2D eigenvalue weighted by Crippen LogP contribution is -2.31. The molecule has 4 nitrogen and oxygen atoms in total. The topological polar surface area (TPSA) is 49.4 Å². The third-order valence-corrected chi connectivity index (χ3v) is 8.04. The number of benzene rings is 1. The van der Waals surface area contributed by atoms with Gasteiger partial charge < -0.3 is 5.32 Å². The van der Waals surface area contributed by atoms with Crippen molar-refractivity contribution in [3.8, 4) is 0 Å². The van der Waals surface area contributed by atoms with E-state index in [1.165, 1.54) is 11.3 Å². The van der Waals surface area contributed by atoms with Gasteiger partial charge in [0, 0.05) is 22.8 Å². The van der Waals surface area contributed by atoms with Crippen LogP contribution in [0, 0.1) is 11.8 Å². The smallest absolute Gasteiger partial charge is 0.252 e. The quantitative estimate of drug-likeness (QED) is 0.911. The van der Waals surface area contributed by atoms with Gasteiger partial charge in [-0.05, 0) is 54.6 Å². The summed E-state index contributed by atoms with van der Waals surface area (Å²) in [4.78, 5) is 0. The second-order valence-corrected chi connectivity index (χ2v) is 9.43. The van der Waals surface area contributed by atoms with E-state index in [1.807, 2.05) is 12.1 Å². The molecule has 2 saturated heterocycles. The van der Waals surface area contributed by atoms with Gasteiger partial charge in [-0.15, -0.1) is 11.3 Å². The molecule has 3 heterocycles. The molecule has 1 N–H and O–H groups in total. The fourth-order valence-corrected chi connectivity index (χ4v) is 6.52. The molecule has 112 valence electrons. The minimum Gasteiger partial charge on any atom is -0.316 e. The van der Waals surface area contributed by atoms with Gasteiger partial charge in [-0.1, -0.05) is 11.6 Å². The van der Waals surface area contributed by atoms with E-state index in [-0.39, 0.29) is 0 Å². The lowest BCUT2D eigenvalue weighted by atomic mass is 10.0. The molecule has 0 saturated carbocycles. The largest absolute Gasteiger partial charge is 0.316 e. The summed E-state index contributed by atoms with van der Waals surface area (Å²) in [5.41, 5.74) is 0. The second kappa shape index (κ2) is 4.93. The molecule has 0 amide bonds. The van der Waals surface area contributed by atoms with Crippen molar-refractivity contribution in [1.82, 2.24) is 9.62 Å². The van der Waals surface area contributed by atoms with E-state index in [0.717, 1.165) is 23.2 Å². The summed E-state index contributed by atoms with van der Waals surface area (Å²) >= 11 is 7.30. The van der Waals surface area contributed by atoms with Gasteiger partial charge in [0.15, 0.2) is 0 Å². The van der Waals surface area contributed by atoms with Crippen LogP contribution in [0.25, 0.3) is 10.1 Å². The van der Waals surface area contributed by atoms with E-state index in [9.17, 15) is 8.42 Å². The zero-order valence-electron chi connectivity index (χ0n) is 11.3. The number of rotatable bonds is 2. The van der Waals surface area contributed by atoms with Crippen LogP contribution in [0.5, 0.6) is 0 Å². The van der Waals surface area contributed by atoms with Crippen LogP contribution in [0.4, 0.5) is 0 Å². The fraction of sp³-hybridized carbons (Fsp3) is 0.429. The molecule has 0 aliphatic carbocycles. The van der Waals surface area contributed by atoms with Crippen molar-refractivity contribution < 1.29 is 8.42 Å². The van der Waals surface area contributed by atoms with Gasteiger partial charge in [-0.25, -0.2) is 8.42 Å². The average molecular weight is 343 g/mol. The van der Waals surface area contributed by atoms with E-state index in [2.05, 4.69) is 5.32 Å². The second-order valence-electron chi connectivity index (χ2n) is 5.75. The van der Waals surface area contributed by atoms with Crippen LogP contribution in [0.1, 0.15) is 0 Å². The molecule has 21 heavy (non-hydrogen) atoms. The van der Waals surface area contributed by atoms with Gasteiger partial charge >= 0.3 is 0 Å². The van der Waals surface area contributed by atoms with Gasteiger partial charge in [-0.2, -0.15) is 4.31 Å². The van der Waals surface area contributed by atoms with Gasteiger partial charge in [-0.3, -0.25) is 0 Å². The SMILES string of the molecule is O=S(=O)(c1cc2cc(Cl)ccc2s1)N1C[C@H]2CNC[C@H]2C1. The molecular formula is C14H15ClN2O2S2. The molecule has 0 unspecified atom stereocenters. The highest BCUT2D eigenvalue weighted by atomic mass is 35.5. The first-order valence-electron chi connectivity index (χ1n) is 6.94. The molecule has 0 bridgehead atoms. The maximum atomic E-state index is 12.8. The van der Waals surface area contributed by atoms with Crippen LogP contribution in [0.3, 0.4) is 0 Å². The third-order valence-electron chi connectivity index (χ3n) is 4.41. The van der Waals surface area contributed by atoms with Crippen molar-refractivity contribution >= 4 is 43.0 Å². The first-order chi connectivity index (χ1) is 10.0. The normalized spacial score (nSPS) is 26.5. The van der Waals surface area contributed by atoms with Crippen molar-refractivity contribution in [3.05, 3.63) is 29.3 Å². The predicted octanol–water partition coefficient (Wildman–Crippen LogP) is 2.39. The first kappa shape index (κ1) is 14.0. The minimum absolute atomic E-state index is 0.424. The van der Waals surface area contributed by atoms with E-state index < -0.39 is 10.0 Å². The Morgan fingerprint density at radius 3 is 2.62 bits per heavy atom. The molecule has 2 fully saturated rings. The number of fused-ring (bicyclic) bond motifs is 2. The Morgan fingerprint density at radius 1 is 1.19 bits per heavy atom. The summed E-state index contributed by atoms with van der Waals surface area (Å²) < 4.78 is 28.6. The van der Waals surface area contributed by atoms with E-state index in [4.69, 9.17) is 11.6 Å². The summed E-state index contributed by atoms with van der Waals surface area (Å²) in [7, 11) is -3.37. The Bertz CT molecular complexity index is 790. The summed E-state index contributed by atoms with van der Waals surface area (Å²) in [5.74, 6) is 0.923. The number of nitrogens with one attached hydrogen (secondary N) is 1. The molecule has 1 aromatic heterocycles. The van der Waals surface area contributed by atoms with Crippen LogP contribution in [0.2, 0.25) is 5.02 Å². The Hall–Kier alpha value is -0.660. The van der Waals surface area contributed by atoms with Crippen molar-refractivity contribution in [1.29, 1.82) is 0 Å². The highest BCUT2D eigenvalue weighted by Crippen LogP contribution is 2.36. The van der Waals surface area contributed by atoms with Crippen LogP contribution in [-0.4, -0.2) is 38.9 Å². The van der Waals surface area contributed by atoms with Gasteiger partial charge in [0.2, 0.25) is 0 Å². The lowest BCUT2D eigenvalue weighted by molar-refractivity contribution is 0.449. The van der Waals surface area contributed by atoms with Crippen LogP contribution < -0.4 is 5.32 Å². The van der Waals surface area contributed by atoms with Crippen molar-refractivity contribution in [2.24, 2.45) is 11.8 Å². The van der Waals surface area contributed by atoms with Crippen molar-refractivity contribution in [2.75, 3.05) is 26.2 Å². The Labute approximate surface area is 132 Å². The molecule has 1 aromatic carbocycles. The molecule has 0 radical (unpaired) electrons. The Balaban J connectivity index is 1.70. The molecular weight excluding hydrogens is 328 g/mol. The minimum atomic E-state index is -3.37. The third kappa shape index (κ3) is 2.29. The monoisotopic (exact) mass is 342 g/mol. The number of halogens is 1. The van der Waals surface area contributed by atoms with Crippen molar-refractivity contribution in [2.45, 2.75) is 4.21 Å². The molecule has 7 heteroatoms. The zero-order valence-corrected chi connectivity index (χ0v) is 13.6. The lowest BCUT2D eigenvalue weighted by Gasteiger charge is -2.15. The zero-order chi connectivity index (χ0) is 14.6. The van der Waals surface area contributed by atoms with E-state index in [0.29, 0.717) is 34.2 Å². The Kier molecular flexibility index (Phi) is 3.28. The van der Waals surface area contributed by atoms with Crippen LogP contribution in [-0.2, 0) is 10.0 Å². The van der Waals surface area contributed by atoms with Crippen molar-refractivity contribution in [3.63, 3.8) is 0 Å². The van der Waals surface area contributed by atoms with E-state index in [1.54, 1.807) is 16.4 Å². The van der Waals surface area contributed by atoms with Crippen LogP contribution in [0.15, 0.2) is 28.5 Å². The number of hydrogen-bond donors (Lipinski definition) is 1. The van der Waals surface area contributed by atoms with Gasteiger partial charge in [0.05, 0.1) is 0 Å². The van der Waals surface area contributed by atoms with Gasteiger partial charge in [0.1, 0.15) is 4.21 Å². The first-order valence-corrected chi connectivity index (χ1v) is 9.57. The summed E-state index contributed by atoms with van der Waals surface area (Å²) in [5, 5.41) is 4.86. The standard InChI is InChI=1S/C14H15ClN2O2S2/c15-12-1-2-13-9(3-12)4-14(20-13)21(18,19)17-7-10-5-16-6-11(10)8-17/h1-4,10-11,16H,5-8H2/t10-,11+. The molecule has 2 aromatic rings. The average Bonchev–Trinajstić information content (AvgIpc) is 3.11. The summed E-state index contributed by atoms with van der Waals surface area (Å²) in [6.07, 6.45) is 0. The Morgan fingerprint density at radius 2 is 1.90 bits per heavy atom.